The number of rotatable bonds is 7. The van der Waals surface area contributed by atoms with Crippen molar-refractivity contribution in [1.29, 1.82) is 0 Å². The summed E-state index contributed by atoms with van der Waals surface area (Å²) >= 11 is 0. The Morgan fingerprint density at radius 2 is 0.800 bits per heavy atom. The lowest BCUT2D eigenvalue weighted by Crippen LogP contribution is -2.10. The highest BCUT2D eigenvalue weighted by atomic mass is 16.5. The monoisotopic (exact) mass is 765 g/mol. The zero-order valence-corrected chi connectivity index (χ0v) is 32.9. The van der Waals surface area contributed by atoms with Gasteiger partial charge < -0.3 is 9.64 Å². The van der Waals surface area contributed by atoms with Gasteiger partial charge in [0.15, 0.2) is 0 Å². The Hall–Kier alpha value is -7.94. The van der Waals surface area contributed by atoms with E-state index in [9.17, 15) is 0 Å². The average molecular weight is 766 g/mol. The van der Waals surface area contributed by atoms with Crippen LogP contribution < -0.4 is 9.64 Å². The van der Waals surface area contributed by atoms with E-state index in [1.54, 1.807) is 0 Å². The number of fused-ring (bicyclic) bond motifs is 7. The standard InChI is InChI=1S/C58H39NO/c1-4-14-40(15-5-1)43-26-32-48(33-27-43)59(50-22-12-21-46(38-50)41-16-6-2-7-17-41)49-34-28-45(29-35-49)51-24-13-25-53-55-39-47(42-18-8-3-9-19-42)31-37-56(55)60-58-52-23-11-10-20-44(52)30-36-54(58)57(51)53/h1-39H. The van der Waals surface area contributed by atoms with E-state index in [1.807, 2.05) is 0 Å². The largest absolute Gasteiger partial charge is 0.455 e. The normalized spacial score (nSPS) is 11.5. The number of hydrogen-bond acceptors (Lipinski definition) is 2. The van der Waals surface area contributed by atoms with Crippen molar-refractivity contribution in [2.24, 2.45) is 0 Å². The maximum atomic E-state index is 7.00. The third-order valence-electron chi connectivity index (χ3n) is 11.7. The molecule has 0 bridgehead atoms. The van der Waals surface area contributed by atoms with Crippen LogP contribution in [0, 0.1) is 0 Å². The van der Waals surface area contributed by atoms with E-state index in [1.165, 1.54) is 33.4 Å². The van der Waals surface area contributed by atoms with Crippen molar-refractivity contribution in [1.82, 2.24) is 0 Å². The molecule has 0 unspecified atom stereocenters. The molecule has 0 saturated carbocycles. The summed E-state index contributed by atoms with van der Waals surface area (Å²) in [6.45, 7) is 0. The van der Waals surface area contributed by atoms with Crippen molar-refractivity contribution in [2.75, 3.05) is 4.90 Å². The Morgan fingerprint density at radius 1 is 0.283 bits per heavy atom. The minimum absolute atomic E-state index is 0.852. The highest BCUT2D eigenvalue weighted by Gasteiger charge is 2.26. The van der Waals surface area contributed by atoms with E-state index in [0.29, 0.717) is 0 Å². The Balaban J connectivity index is 1.06. The molecular formula is C58H39NO. The molecule has 1 aliphatic heterocycles. The summed E-state index contributed by atoms with van der Waals surface area (Å²) in [4.78, 5) is 2.35. The minimum Gasteiger partial charge on any atom is -0.455 e. The Labute approximate surface area is 350 Å². The van der Waals surface area contributed by atoms with Gasteiger partial charge in [-0.25, -0.2) is 0 Å². The van der Waals surface area contributed by atoms with Crippen LogP contribution in [0.1, 0.15) is 0 Å². The molecule has 0 atom stereocenters. The second-order valence-electron chi connectivity index (χ2n) is 15.3. The van der Waals surface area contributed by atoms with Crippen molar-refractivity contribution in [3.63, 3.8) is 0 Å². The van der Waals surface area contributed by atoms with E-state index >= 15 is 0 Å². The third kappa shape index (κ3) is 6.41. The van der Waals surface area contributed by atoms with Gasteiger partial charge in [-0.2, -0.15) is 0 Å². The second kappa shape index (κ2) is 15.1. The van der Waals surface area contributed by atoms with Crippen LogP contribution in [0.5, 0.6) is 11.5 Å². The van der Waals surface area contributed by atoms with Gasteiger partial charge in [-0.05, 0) is 110 Å². The Kier molecular flexibility index (Phi) is 8.87. The first-order valence-electron chi connectivity index (χ1n) is 20.5. The zero-order valence-electron chi connectivity index (χ0n) is 32.9. The maximum absolute atomic E-state index is 7.00. The molecule has 1 heterocycles. The molecule has 2 nitrogen and oxygen atoms in total. The van der Waals surface area contributed by atoms with Gasteiger partial charge in [0.2, 0.25) is 0 Å². The maximum Gasteiger partial charge on any atom is 0.143 e. The fourth-order valence-electron chi connectivity index (χ4n) is 8.73. The Bertz CT molecular complexity index is 3140. The first-order valence-corrected chi connectivity index (χ1v) is 20.5. The molecule has 11 rings (SSSR count). The van der Waals surface area contributed by atoms with Crippen LogP contribution in [0.4, 0.5) is 17.1 Å². The van der Waals surface area contributed by atoms with Gasteiger partial charge in [0.05, 0.1) is 0 Å². The van der Waals surface area contributed by atoms with Gasteiger partial charge in [-0.1, -0.05) is 182 Å². The first kappa shape index (κ1) is 35.2. The number of hydrogen-bond donors (Lipinski definition) is 0. The van der Waals surface area contributed by atoms with Gasteiger partial charge in [0, 0.05) is 39.1 Å². The lowest BCUT2D eigenvalue weighted by molar-refractivity contribution is 0.493. The van der Waals surface area contributed by atoms with Crippen molar-refractivity contribution >= 4 is 27.8 Å². The number of nitrogens with zero attached hydrogens (tertiary/aromatic N) is 1. The molecule has 0 radical (unpaired) electrons. The van der Waals surface area contributed by atoms with Gasteiger partial charge >= 0.3 is 0 Å². The minimum atomic E-state index is 0.852. The molecule has 0 fully saturated rings. The van der Waals surface area contributed by atoms with Crippen LogP contribution in [0.3, 0.4) is 0 Å². The van der Waals surface area contributed by atoms with Crippen LogP contribution in [0.15, 0.2) is 237 Å². The van der Waals surface area contributed by atoms with Crippen molar-refractivity contribution in [3.05, 3.63) is 237 Å². The summed E-state index contributed by atoms with van der Waals surface area (Å²) < 4.78 is 7.00. The van der Waals surface area contributed by atoms with Crippen LogP contribution in [0.2, 0.25) is 0 Å². The van der Waals surface area contributed by atoms with E-state index in [-0.39, 0.29) is 0 Å². The molecule has 10 aromatic rings. The predicted octanol–water partition coefficient (Wildman–Crippen LogP) is 16.4. The summed E-state index contributed by atoms with van der Waals surface area (Å²) in [5.41, 5.74) is 17.1. The topological polar surface area (TPSA) is 12.5 Å². The Morgan fingerprint density at radius 3 is 1.48 bits per heavy atom. The van der Waals surface area contributed by atoms with Crippen LogP contribution >= 0.6 is 0 Å². The van der Waals surface area contributed by atoms with E-state index in [0.717, 1.165) is 72.7 Å². The summed E-state index contributed by atoms with van der Waals surface area (Å²) in [6.07, 6.45) is 0. The van der Waals surface area contributed by atoms with E-state index in [2.05, 4.69) is 241 Å². The quantitative estimate of drug-likeness (QED) is 0.160. The zero-order chi connectivity index (χ0) is 39.8. The fourth-order valence-corrected chi connectivity index (χ4v) is 8.73. The van der Waals surface area contributed by atoms with Crippen molar-refractivity contribution < 1.29 is 4.74 Å². The first-order chi connectivity index (χ1) is 29.7. The smallest absolute Gasteiger partial charge is 0.143 e. The highest BCUT2D eigenvalue weighted by molar-refractivity contribution is 6.05. The van der Waals surface area contributed by atoms with E-state index < -0.39 is 0 Å². The number of anilines is 3. The number of ether oxygens (including phenoxy) is 1. The molecule has 0 aliphatic carbocycles. The lowest BCUT2D eigenvalue weighted by atomic mass is 9.86. The molecule has 10 aromatic carbocycles. The summed E-state index contributed by atoms with van der Waals surface area (Å²) in [5, 5.41) is 2.25. The van der Waals surface area contributed by atoms with Gasteiger partial charge in [-0.15, -0.1) is 0 Å². The lowest BCUT2D eigenvalue weighted by Gasteiger charge is -2.26. The van der Waals surface area contributed by atoms with Crippen molar-refractivity contribution in [3.8, 4) is 78.3 Å². The van der Waals surface area contributed by atoms with Gasteiger partial charge in [-0.3, -0.25) is 0 Å². The molecule has 0 spiro atoms. The molecule has 60 heavy (non-hydrogen) atoms. The molecule has 0 saturated heterocycles. The average Bonchev–Trinajstić information content (AvgIpc) is 3.47. The van der Waals surface area contributed by atoms with E-state index in [4.69, 9.17) is 4.74 Å². The molecule has 0 aromatic heterocycles. The summed E-state index contributed by atoms with van der Waals surface area (Å²) in [5.74, 6) is 1.73. The second-order valence-corrected chi connectivity index (χ2v) is 15.3. The van der Waals surface area contributed by atoms with Gasteiger partial charge in [0.1, 0.15) is 11.5 Å². The molecular weight excluding hydrogens is 727 g/mol. The SMILES string of the molecule is c1ccc(-c2ccc(N(c3ccc(-c4cccc5c4-c4ccc6ccccc6c4Oc4ccc(-c6ccccc6)cc4-5)cc3)c3cccc(-c4ccccc4)c3)cc2)cc1. The summed E-state index contributed by atoms with van der Waals surface area (Å²) in [6, 6.07) is 84.7. The fraction of sp³-hybridized carbons (Fsp3) is 0. The van der Waals surface area contributed by atoms with Crippen LogP contribution in [0.25, 0.3) is 77.5 Å². The molecule has 0 amide bonds. The molecule has 282 valence electrons. The van der Waals surface area contributed by atoms with Crippen LogP contribution in [-0.2, 0) is 0 Å². The van der Waals surface area contributed by atoms with Crippen LogP contribution in [-0.4, -0.2) is 0 Å². The third-order valence-corrected chi connectivity index (χ3v) is 11.7. The number of benzene rings is 10. The highest BCUT2D eigenvalue weighted by Crippen LogP contribution is 2.53. The predicted molar refractivity (Wildman–Crippen MR) is 251 cm³/mol. The van der Waals surface area contributed by atoms with Crippen molar-refractivity contribution in [2.45, 2.75) is 0 Å². The molecule has 1 aliphatic rings. The summed E-state index contributed by atoms with van der Waals surface area (Å²) in [7, 11) is 0. The molecule has 0 N–H and O–H groups in total. The van der Waals surface area contributed by atoms with Gasteiger partial charge in [0.25, 0.3) is 0 Å². The molecule has 2 heteroatoms.